The molecule has 0 fully saturated rings. The lowest BCUT2D eigenvalue weighted by Crippen LogP contribution is -2.13. The Bertz CT molecular complexity index is 47.7. The van der Waals surface area contributed by atoms with E-state index in [1.54, 1.807) is 7.05 Å². The predicted molar refractivity (Wildman–Crippen MR) is 47.0 cm³/mol. The van der Waals surface area contributed by atoms with E-state index in [2.05, 4.69) is 23.6 Å². The van der Waals surface area contributed by atoms with E-state index in [0.717, 1.165) is 5.70 Å². The second-order valence-corrected chi connectivity index (χ2v) is 1.06. The van der Waals surface area contributed by atoms with Crippen molar-refractivity contribution in [3.05, 3.63) is 12.3 Å². The van der Waals surface area contributed by atoms with E-state index in [-0.39, 0.29) is 0 Å². The molecule has 0 amide bonds. The van der Waals surface area contributed by atoms with E-state index in [0.29, 0.717) is 6.54 Å². The third-order valence-corrected chi connectivity index (χ3v) is 0.600. The highest BCUT2D eigenvalue weighted by atomic mass is 15.0. The van der Waals surface area contributed by atoms with Gasteiger partial charge in [-0.1, -0.05) is 20.4 Å². The van der Waals surface area contributed by atoms with E-state index in [4.69, 9.17) is 5.73 Å². The van der Waals surface area contributed by atoms with Gasteiger partial charge in [-0.05, 0) is 0 Å². The largest absolute Gasteiger partial charge is 0.391 e. The summed E-state index contributed by atoms with van der Waals surface area (Å²) in [5, 5.41) is 2.80. The van der Waals surface area contributed by atoms with Crippen LogP contribution in [0.1, 0.15) is 13.8 Å². The molecule has 0 aromatic heterocycles. The monoisotopic (exact) mass is 148 g/mol. The van der Waals surface area contributed by atoms with Gasteiger partial charge in [-0.2, -0.15) is 0 Å². The van der Waals surface area contributed by atoms with Gasteiger partial charge in [0.05, 0.1) is 0 Å². The second kappa shape index (κ2) is 23.7. The van der Waals surface area contributed by atoms with Crippen molar-refractivity contribution in [1.29, 1.82) is 0 Å². The highest BCUT2D eigenvalue weighted by Crippen LogP contribution is 1.68. The summed E-state index contributed by atoms with van der Waals surface area (Å²) >= 11 is 0. The van der Waals surface area contributed by atoms with Crippen molar-refractivity contribution in [2.45, 2.75) is 13.8 Å². The first-order chi connectivity index (χ1) is 4.81. The number of nitrogens with one attached hydrogen (secondary N) is 1. The van der Waals surface area contributed by atoms with E-state index in [9.17, 15) is 0 Å². The zero-order valence-electron chi connectivity index (χ0n) is 7.15. The average Bonchev–Trinajstić information content (AvgIpc) is 2.10. The first-order valence-corrected chi connectivity index (χ1v) is 3.20. The Labute approximate surface area is 63.4 Å². The van der Waals surface area contributed by atoms with Crippen LogP contribution >= 0.6 is 0 Å². The Morgan fingerprint density at radius 2 is 1.70 bits per heavy atom. The van der Waals surface area contributed by atoms with Crippen LogP contribution in [0.5, 0.6) is 0 Å². The number of hydrogen-bond acceptors (Lipinski definition) is 4. The summed E-state index contributed by atoms with van der Waals surface area (Å²) in [7, 11) is 1.80. The number of hydrogen-bond donors (Lipinski definition) is 4. The maximum atomic E-state index is 5.12. The fourth-order valence-corrected chi connectivity index (χ4v) is 0.102. The molecule has 0 unspecified atom stereocenters. The summed E-state index contributed by atoms with van der Waals surface area (Å²) in [5.41, 5.74) is 5.99. The molecule has 0 spiro atoms. The Balaban J connectivity index is -0.000000105. The van der Waals surface area contributed by atoms with E-state index in [1.807, 2.05) is 13.8 Å². The van der Waals surface area contributed by atoms with Crippen LogP contribution in [0.15, 0.2) is 12.3 Å². The van der Waals surface area contributed by atoms with Crippen LogP contribution in [-0.2, 0) is 0 Å². The van der Waals surface area contributed by atoms with Gasteiger partial charge in [0.25, 0.3) is 0 Å². The SMILES string of the molecule is C=C(CN)NC.CC.NN. The summed E-state index contributed by atoms with van der Waals surface area (Å²) in [6.07, 6.45) is 0. The van der Waals surface area contributed by atoms with Crippen molar-refractivity contribution >= 4 is 0 Å². The molecule has 4 heteroatoms. The minimum Gasteiger partial charge on any atom is -0.391 e. The molecular formula is C6H20N4. The molecule has 0 aliphatic heterocycles. The number of hydrazine groups is 1. The third kappa shape index (κ3) is 26.1. The summed E-state index contributed by atoms with van der Waals surface area (Å²) in [5.74, 6) is 8.00. The van der Waals surface area contributed by atoms with E-state index >= 15 is 0 Å². The van der Waals surface area contributed by atoms with Gasteiger partial charge in [-0.25, -0.2) is 0 Å². The van der Waals surface area contributed by atoms with Gasteiger partial charge in [0.1, 0.15) is 0 Å². The van der Waals surface area contributed by atoms with Crippen LogP contribution in [0, 0.1) is 0 Å². The molecule has 0 saturated carbocycles. The van der Waals surface area contributed by atoms with Gasteiger partial charge in [-0.3, -0.25) is 11.7 Å². The Kier molecular flexibility index (Phi) is 38.4. The van der Waals surface area contributed by atoms with Crippen molar-refractivity contribution in [3.8, 4) is 0 Å². The predicted octanol–water partition coefficient (Wildman–Crippen LogP) is -0.477. The molecule has 0 heterocycles. The minimum absolute atomic E-state index is 0.524. The molecule has 0 bridgehead atoms. The molecule has 64 valence electrons. The molecule has 0 radical (unpaired) electrons. The van der Waals surface area contributed by atoms with Crippen molar-refractivity contribution in [3.63, 3.8) is 0 Å². The van der Waals surface area contributed by atoms with E-state index < -0.39 is 0 Å². The highest BCUT2D eigenvalue weighted by Gasteiger charge is 1.75. The van der Waals surface area contributed by atoms with Gasteiger partial charge >= 0.3 is 0 Å². The second-order valence-electron chi connectivity index (χ2n) is 1.06. The Morgan fingerprint density at radius 3 is 1.70 bits per heavy atom. The zero-order valence-corrected chi connectivity index (χ0v) is 7.15. The van der Waals surface area contributed by atoms with Crippen LogP contribution in [-0.4, -0.2) is 13.6 Å². The van der Waals surface area contributed by atoms with Crippen LogP contribution < -0.4 is 22.7 Å². The van der Waals surface area contributed by atoms with E-state index in [1.165, 1.54) is 0 Å². The maximum Gasteiger partial charge on any atom is 0.0322 e. The lowest BCUT2D eigenvalue weighted by atomic mass is 10.5. The molecule has 0 aromatic carbocycles. The molecule has 10 heavy (non-hydrogen) atoms. The zero-order chi connectivity index (χ0) is 8.99. The van der Waals surface area contributed by atoms with Crippen molar-refractivity contribution in [2.24, 2.45) is 17.4 Å². The van der Waals surface area contributed by atoms with Gasteiger partial charge in [0.2, 0.25) is 0 Å². The van der Waals surface area contributed by atoms with Crippen LogP contribution in [0.2, 0.25) is 0 Å². The molecular weight excluding hydrogens is 128 g/mol. The van der Waals surface area contributed by atoms with Crippen molar-refractivity contribution in [2.75, 3.05) is 13.6 Å². The summed E-state index contributed by atoms with van der Waals surface area (Å²) < 4.78 is 0. The van der Waals surface area contributed by atoms with Crippen molar-refractivity contribution < 1.29 is 0 Å². The molecule has 7 N–H and O–H groups in total. The highest BCUT2D eigenvalue weighted by molar-refractivity contribution is 4.89. The first-order valence-electron chi connectivity index (χ1n) is 3.20. The molecule has 0 saturated heterocycles. The van der Waals surface area contributed by atoms with Gasteiger partial charge in [0.15, 0.2) is 0 Å². The van der Waals surface area contributed by atoms with Gasteiger partial charge < -0.3 is 11.1 Å². The van der Waals surface area contributed by atoms with Crippen LogP contribution in [0.25, 0.3) is 0 Å². The smallest absolute Gasteiger partial charge is 0.0322 e. The Morgan fingerprint density at radius 1 is 1.40 bits per heavy atom. The van der Waals surface area contributed by atoms with Crippen LogP contribution in [0.3, 0.4) is 0 Å². The topological polar surface area (TPSA) is 90.1 Å². The average molecular weight is 148 g/mol. The molecule has 0 atom stereocenters. The fraction of sp³-hybridized carbons (Fsp3) is 0.667. The number of rotatable bonds is 2. The normalized spacial score (nSPS) is 5.80. The number of nitrogens with two attached hydrogens (primary N) is 3. The summed E-state index contributed by atoms with van der Waals surface area (Å²) in [4.78, 5) is 0. The molecule has 0 aliphatic rings. The summed E-state index contributed by atoms with van der Waals surface area (Å²) in [6, 6.07) is 0. The standard InChI is InChI=1S/C4H10N2.C2H6.H4N2/c1-4(3-5)6-2;2*1-2/h6H,1,3,5H2,2H3;1-2H3;1-2H2. The fourth-order valence-electron chi connectivity index (χ4n) is 0.102. The quantitative estimate of drug-likeness (QED) is 0.314. The molecule has 4 nitrogen and oxygen atoms in total. The third-order valence-electron chi connectivity index (χ3n) is 0.600. The number of likely N-dealkylation sites (N-methyl/N-ethyl adjacent to an activating group) is 1. The first kappa shape index (κ1) is 16.2. The lowest BCUT2D eigenvalue weighted by Gasteiger charge is -1.94. The van der Waals surface area contributed by atoms with Crippen LogP contribution in [0.4, 0.5) is 0 Å². The van der Waals surface area contributed by atoms with Crippen molar-refractivity contribution in [1.82, 2.24) is 5.32 Å². The minimum atomic E-state index is 0.524. The maximum absolute atomic E-state index is 5.12. The molecule has 0 aliphatic carbocycles. The van der Waals surface area contributed by atoms with Gasteiger partial charge in [0, 0.05) is 19.3 Å². The lowest BCUT2D eigenvalue weighted by molar-refractivity contribution is 0.934. The van der Waals surface area contributed by atoms with Gasteiger partial charge in [-0.15, -0.1) is 0 Å². The summed E-state index contributed by atoms with van der Waals surface area (Å²) in [6.45, 7) is 8.08. The Hall–Kier alpha value is -0.580. The molecule has 0 rings (SSSR count). The molecule has 0 aromatic rings.